The number of aryl methyl sites for hydroxylation is 1. The van der Waals surface area contributed by atoms with Crippen molar-refractivity contribution in [3.8, 4) is 11.5 Å². The summed E-state index contributed by atoms with van der Waals surface area (Å²) in [5, 5.41) is 26.2. The molecule has 1 aromatic carbocycles. The Labute approximate surface area is 132 Å². The molecule has 1 atom stereocenters. The maximum Gasteiger partial charge on any atom is 0.352 e. The smallest absolute Gasteiger partial charge is 0.352 e. The number of carboxylic acids is 1. The van der Waals surface area contributed by atoms with Gasteiger partial charge in [0.25, 0.3) is 0 Å². The van der Waals surface area contributed by atoms with Crippen LogP contribution in [0.3, 0.4) is 0 Å². The molecule has 0 bridgehead atoms. The maximum atomic E-state index is 11.3. The fourth-order valence-corrected chi connectivity index (χ4v) is 2.43. The van der Waals surface area contributed by atoms with Gasteiger partial charge in [-0.15, -0.1) is 0 Å². The van der Waals surface area contributed by atoms with Crippen LogP contribution in [0.4, 0.5) is 5.95 Å². The predicted octanol–water partition coefficient (Wildman–Crippen LogP) is 1.54. The number of rotatable bonds is 4. The van der Waals surface area contributed by atoms with Gasteiger partial charge in [0.2, 0.25) is 5.95 Å². The average molecular weight is 316 g/mol. The first-order valence-electron chi connectivity index (χ1n) is 7.08. The summed E-state index contributed by atoms with van der Waals surface area (Å²) in [5.41, 5.74) is 0.762. The molecular formula is C15H16N4O4. The van der Waals surface area contributed by atoms with E-state index in [2.05, 4.69) is 15.4 Å². The van der Waals surface area contributed by atoms with Crippen molar-refractivity contribution in [3.63, 3.8) is 0 Å². The Morgan fingerprint density at radius 3 is 2.91 bits per heavy atom. The molecule has 0 fully saturated rings. The number of fused-ring (bicyclic) bond motifs is 1. The Kier molecular flexibility index (Phi) is 3.65. The predicted molar refractivity (Wildman–Crippen MR) is 81.5 cm³/mol. The molecule has 23 heavy (non-hydrogen) atoms. The summed E-state index contributed by atoms with van der Waals surface area (Å²) in [7, 11) is 1.45. The van der Waals surface area contributed by atoms with Crippen molar-refractivity contribution >= 4 is 11.9 Å². The Bertz CT molecular complexity index is 797. The highest BCUT2D eigenvalue weighted by atomic mass is 16.5. The molecule has 8 nitrogen and oxygen atoms in total. The van der Waals surface area contributed by atoms with Crippen LogP contribution in [0.15, 0.2) is 30.0 Å². The molecule has 3 N–H and O–H groups in total. The van der Waals surface area contributed by atoms with E-state index in [1.54, 1.807) is 22.9 Å². The van der Waals surface area contributed by atoms with Gasteiger partial charge in [-0.3, -0.25) is 0 Å². The third-order valence-corrected chi connectivity index (χ3v) is 3.60. The Morgan fingerprint density at radius 1 is 1.48 bits per heavy atom. The summed E-state index contributed by atoms with van der Waals surface area (Å²) >= 11 is 0. The summed E-state index contributed by atoms with van der Waals surface area (Å²) in [6.07, 6.45) is 2.19. The van der Waals surface area contributed by atoms with Crippen LogP contribution in [-0.4, -0.2) is 38.1 Å². The zero-order valence-electron chi connectivity index (χ0n) is 12.6. The first-order valence-corrected chi connectivity index (χ1v) is 7.08. The second-order valence-electron chi connectivity index (χ2n) is 5.04. The van der Waals surface area contributed by atoms with Gasteiger partial charge in [0.1, 0.15) is 11.7 Å². The molecular weight excluding hydrogens is 300 g/mol. The molecule has 1 aromatic heterocycles. The number of aliphatic carboxylic acids is 1. The number of hydrogen-bond donors (Lipinski definition) is 3. The Morgan fingerprint density at radius 2 is 2.26 bits per heavy atom. The standard InChI is InChI=1S/C15H16N4O4/c1-3-13-17-15-16-9(14(21)22)7-10(19(15)18-13)8-4-5-11(20)12(6-8)23-2/h4-7,10,20H,3H2,1-2H3,(H,21,22)(H,16,17,18)/t10-/m1/s1. The minimum Gasteiger partial charge on any atom is -0.504 e. The van der Waals surface area contributed by atoms with Crippen LogP contribution < -0.4 is 10.1 Å². The largest absolute Gasteiger partial charge is 0.504 e. The fraction of sp³-hybridized carbons (Fsp3) is 0.267. The number of methoxy groups -OCH3 is 1. The van der Waals surface area contributed by atoms with Crippen molar-refractivity contribution in [2.24, 2.45) is 0 Å². The SMILES string of the molecule is CCc1nc2n(n1)[C@@H](c1ccc(O)c(OC)c1)C=C(C(=O)O)N2. The third kappa shape index (κ3) is 2.59. The van der Waals surface area contributed by atoms with Crippen LogP contribution in [0, 0.1) is 0 Å². The van der Waals surface area contributed by atoms with E-state index in [-0.39, 0.29) is 11.4 Å². The monoisotopic (exact) mass is 316 g/mol. The zero-order chi connectivity index (χ0) is 16.6. The van der Waals surface area contributed by atoms with Gasteiger partial charge in [0, 0.05) is 6.42 Å². The van der Waals surface area contributed by atoms with Crippen LogP contribution in [0.2, 0.25) is 0 Å². The van der Waals surface area contributed by atoms with E-state index in [9.17, 15) is 15.0 Å². The van der Waals surface area contributed by atoms with Crippen molar-refractivity contribution in [2.75, 3.05) is 12.4 Å². The molecule has 0 saturated heterocycles. The number of aromatic nitrogens is 3. The molecule has 1 aliphatic heterocycles. The van der Waals surface area contributed by atoms with Crippen LogP contribution in [0.5, 0.6) is 11.5 Å². The van der Waals surface area contributed by atoms with Crippen molar-refractivity contribution in [2.45, 2.75) is 19.4 Å². The number of phenols is 1. The number of aromatic hydroxyl groups is 1. The zero-order valence-corrected chi connectivity index (χ0v) is 12.6. The fourth-order valence-electron chi connectivity index (χ4n) is 2.43. The molecule has 0 saturated carbocycles. The molecule has 1 aliphatic rings. The molecule has 0 spiro atoms. The number of hydrogen-bond acceptors (Lipinski definition) is 6. The topological polar surface area (TPSA) is 110 Å². The summed E-state index contributed by atoms with van der Waals surface area (Å²) in [6.45, 7) is 1.92. The van der Waals surface area contributed by atoms with Crippen molar-refractivity contribution in [3.05, 3.63) is 41.4 Å². The van der Waals surface area contributed by atoms with Gasteiger partial charge in [0.15, 0.2) is 17.3 Å². The number of nitrogens with zero attached hydrogens (tertiary/aromatic N) is 3. The molecule has 0 radical (unpaired) electrons. The summed E-state index contributed by atoms with van der Waals surface area (Å²) in [6, 6.07) is 4.39. The van der Waals surface area contributed by atoms with E-state index in [0.29, 0.717) is 23.9 Å². The third-order valence-electron chi connectivity index (χ3n) is 3.60. The summed E-state index contributed by atoms with van der Waals surface area (Å²) in [5.74, 6) is 0.236. The van der Waals surface area contributed by atoms with Crippen LogP contribution in [0.25, 0.3) is 0 Å². The lowest BCUT2D eigenvalue weighted by molar-refractivity contribution is -0.132. The molecule has 8 heteroatoms. The molecule has 2 heterocycles. The minimum atomic E-state index is -1.08. The van der Waals surface area contributed by atoms with E-state index in [4.69, 9.17) is 4.74 Å². The quantitative estimate of drug-likeness (QED) is 0.784. The van der Waals surface area contributed by atoms with Gasteiger partial charge < -0.3 is 20.3 Å². The van der Waals surface area contributed by atoms with Crippen molar-refractivity contribution in [1.29, 1.82) is 0 Å². The molecule has 0 unspecified atom stereocenters. The van der Waals surface area contributed by atoms with Gasteiger partial charge in [0.05, 0.1) is 7.11 Å². The molecule has 0 aliphatic carbocycles. The summed E-state index contributed by atoms with van der Waals surface area (Å²) in [4.78, 5) is 15.6. The minimum absolute atomic E-state index is 0.0145. The normalized spacial score (nSPS) is 16.3. The van der Waals surface area contributed by atoms with Gasteiger partial charge in [-0.1, -0.05) is 13.0 Å². The number of ether oxygens (including phenoxy) is 1. The van der Waals surface area contributed by atoms with Crippen molar-refractivity contribution < 1.29 is 19.7 Å². The van der Waals surface area contributed by atoms with Gasteiger partial charge in [-0.05, 0) is 23.8 Å². The lowest BCUT2D eigenvalue weighted by Gasteiger charge is -2.22. The molecule has 0 amide bonds. The number of nitrogens with one attached hydrogen (secondary N) is 1. The number of anilines is 1. The van der Waals surface area contributed by atoms with E-state index in [1.165, 1.54) is 13.2 Å². The average Bonchev–Trinajstić information content (AvgIpc) is 2.97. The van der Waals surface area contributed by atoms with E-state index < -0.39 is 12.0 Å². The number of benzene rings is 1. The number of carboxylic acid groups (broad SMARTS) is 1. The van der Waals surface area contributed by atoms with E-state index in [0.717, 1.165) is 5.56 Å². The lowest BCUT2D eigenvalue weighted by atomic mass is 10.0. The van der Waals surface area contributed by atoms with Crippen molar-refractivity contribution in [1.82, 2.24) is 14.8 Å². The van der Waals surface area contributed by atoms with Gasteiger partial charge in [-0.25, -0.2) is 9.48 Å². The highest BCUT2D eigenvalue weighted by molar-refractivity contribution is 5.90. The Hall–Kier alpha value is -3.03. The second-order valence-corrected chi connectivity index (χ2v) is 5.04. The van der Waals surface area contributed by atoms with Gasteiger partial charge in [-0.2, -0.15) is 10.1 Å². The van der Waals surface area contributed by atoms with E-state index in [1.807, 2.05) is 6.92 Å². The number of allylic oxidation sites excluding steroid dienone is 1. The maximum absolute atomic E-state index is 11.3. The van der Waals surface area contributed by atoms with Crippen LogP contribution >= 0.6 is 0 Å². The second kappa shape index (κ2) is 5.64. The molecule has 3 rings (SSSR count). The first kappa shape index (κ1) is 14.9. The molecule has 2 aromatic rings. The first-order chi connectivity index (χ1) is 11.0. The Balaban J connectivity index is 2.12. The van der Waals surface area contributed by atoms with E-state index >= 15 is 0 Å². The van der Waals surface area contributed by atoms with Crippen LogP contribution in [0.1, 0.15) is 24.4 Å². The van der Waals surface area contributed by atoms with Crippen LogP contribution in [-0.2, 0) is 11.2 Å². The highest BCUT2D eigenvalue weighted by Crippen LogP contribution is 2.34. The lowest BCUT2D eigenvalue weighted by Crippen LogP contribution is -2.24. The number of phenolic OH excluding ortho intramolecular Hbond substituents is 1. The highest BCUT2D eigenvalue weighted by Gasteiger charge is 2.27. The molecule has 120 valence electrons. The summed E-state index contributed by atoms with van der Waals surface area (Å²) < 4.78 is 6.74. The number of carbonyl (C=O) groups is 1. The van der Waals surface area contributed by atoms with Gasteiger partial charge >= 0.3 is 5.97 Å².